The zero-order valence-corrected chi connectivity index (χ0v) is 32.1. The van der Waals surface area contributed by atoms with Crippen molar-refractivity contribution < 1.29 is 28.6 Å². The normalized spacial score (nSPS) is 12.8. The number of carbonyl (C=O) groups excluding carboxylic acids is 3. The second-order valence-electron chi connectivity index (χ2n) is 15.1. The van der Waals surface area contributed by atoms with Crippen LogP contribution < -0.4 is 0 Å². The lowest BCUT2D eigenvalue weighted by Gasteiger charge is -2.18. The molecule has 0 aliphatic heterocycles. The molecule has 0 saturated carbocycles. The van der Waals surface area contributed by atoms with Crippen LogP contribution in [0.15, 0.2) is 0 Å². The molecule has 0 heterocycles. The van der Waals surface area contributed by atoms with Gasteiger partial charge in [-0.2, -0.15) is 0 Å². The molecule has 0 saturated heterocycles. The molecule has 1 unspecified atom stereocenters. The van der Waals surface area contributed by atoms with Crippen molar-refractivity contribution in [2.45, 2.75) is 215 Å². The van der Waals surface area contributed by atoms with Gasteiger partial charge in [0.25, 0.3) is 0 Å². The van der Waals surface area contributed by atoms with Gasteiger partial charge >= 0.3 is 17.9 Å². The number of rotatable bonds is 34. The topological polar surface area (TPSA) is 78.9 Å². The smallest absolute Gasteiger partial charge is 0.306 e. The summed E-state index contributed by atoms with van der Waals surface area (Å²) < 4.78 is 16.6. The van der Waals surface area contributed by atoms with Crippen molar-refractivity contribution in [1.29, 1.82) is 0 Å². The summed E-state index contributed by atoms with van der Waals surface area (Å²) >= 11 is 0. The van der Waals surface area contributed by atoms with Crippen LogP contribution in [0, 0.1) is 17.8 Å². The van der Waals surface area contributed by atoms with Gasteiger partial charge in [-0.25, -0.2) is 0 Å². The van der Waals surface area contributed by atoms with Crippen molar-refractivity contribution in [2.24, 2.45) is 17.8 Å². The van der Waals surface area contributed by atoms with Crippen LogP contribution >= 0.6 is 0 Å². The first kappa shape index (κ1) is 45.4. The third-order valence-corrected chi connectivity index (χ3v) is 9.26. The summed E-state index contributed by atoms with van der Waals surface area (Å²) in [6, 6.07) is 0. The Kier molecular flexibility index (Phi) is 31.8. The van der Waals surface area contributed by atoms with E-state index in [9.17, 15) is 14.4 Å². The lowest BCUT2D eigenvalue weighted by Crippen LogP contribution is -2.30. The Labute approximate surface area is 291 Å². The van der Waals surface area contributed by atoms with Gasteiger partial charge in [0.05, 0.1) is 0 Å². The van der Waals surface area contributed by atoms with E-state index < -0.39 is 6.10 Å². The molecule has 0 aromatic rings. The molecule has 0 aromatic carbocycles. The lowest BCUT2D eigenvalue weighted by molar-refractivity contribution is -0.167. The second kappa shape index (κ2) is 32.9. The Morgan fingerprint density at radius 3 is 1.11 bits per heavy atom. The molecule has 0 radical (unpaired) electrons. The fourth-order valence-corrected chi connectivity index (χ4v) is 5.79. The maximum absolute atomic E-state index is 12.6. The van der Waals surface area contributed by atoms with E-state index in [4.69, 9.17) is 14.2 Å². The molecule has 0 amide bonds. The van der Waals surface area contributed by atoms with Gasteiger partial charge in [0.15, 0.2) is 6.10 Å². The van der Waals surface area contributed by atoms with Gasteiger partial charge in [0.1, 0.15) is 13.2 Å². The molecule has 0 aliphatic rings. The molecule has 0 aromatic heterocycles. The number of hydrogen-bond acceptors (Lipinski definition) is 6. The minimum atomic E-state index is -0.761. The third kappa shape index (κ3) is 34.1. The van der Waals surface area contributed by atoms with Crippen LogP contribution in [-0.4, -0.2) is 37.2 Å². The Morgan fingerprint density at radius 1 is 0.426 bits per heavy atom. The largest absolute Gasteiger partial charge is 0.462 e. The lowest BCUT2D eigenvalue weighted by atomic mass is 10.00. The SMILES string of the molecule is CCC(C)CCCCCCCCC(=O)O[C@H](COC(=O)CCCCCCCCCC(C)C)COC(=O)CCCCCCCCC(C)C. The number of ether oxygens (including phenoxy) is 3. The van der Waals surface area contributed by atoms with E-state index in [0.29, 0.717) is 19.3 Å². The molecular weight excluding hydrogens is 588 g/mol. The van der Waals surface area contributed by atoms with Crippen molar-refractivity contribution in [1.82, 2.24) is 0 Å². The molecule has 6 nitrogen and oxygen atoms in total. The van der Waals surface area contributed by atoms with Crippen LogP contribution in [0.2, 0.25) is 0 Å². The highest BCUT2D eigenvalue weighted by atomic mass is 16.6. The van der Waals surface area contributed by atoms with Crippen molar-refractivity contribution in [3.8, 4) is 0 Å². The maximum atomic E-state index is 12.6. The summed E-state index contributed by atoms with van der Waals surface area (Å²) in [6.07, 6.45) is 26.8. The summed E-state index contributed by atoms with van der Waals surface area (Å²) in [6.45, 7) is 13.5. The fourth-order valence-electron chi connectivity index (χ4n) is 5.79. The van der Waals surface area contributed by atoms with Crippen LogP contribution in [-0.2, 0) is 28.6 Å². The van der Waals surface area contributed by atoms with E-state index in [0.717, 1.165) is 75.5 Å². The first-order valence-electron chi connectivity index (χ1n) is 20.1. The first-order chi connectivity index (χ1) is 22.6. The minimum Gasteiger partial charge on any atom is -0.462 e. The highest BCUT2D eigenvalue weighted by molar-refractivity contribution is 5.71. The number of esters is 3. The second-order valence-corrected chi connectivity index (χ2v) is 15.1. The van der Waals surface area contributed by atoms with Gasteiger partial charge in [-0.1, -0.05) is 170 Å². The van der Waals surface area contributed by atoms with E-state index >= 15 is 0 Å². The molecule has 47 heavy (non-hydrogen) atoms. The van der Waals surface area contributed by atoms with E-state index in [1.54, 1.807) is 0 Å². The van der Waals surface area contributed by atoms with Crippen molar-refractivity contribution in [3.05, 3.63) is 0 Å². The molecule has 278 valence electrons. The molecule has 0 bridgehead atoms. The van der Waals surface area contributed by atoms with E-state index in [2.05, 4.69) is 41.5 Å². The fraction of sp³-hybridized carbons (Fsp3) is 0.927. The van der Waals surface area contributed by atoms with Gasteiger partial charge < -0.3 is 14.2 Å². The summed E-state index contributed by atoms with van der Waals surface area (Å²) in [4.78, 5) is 37.4. The van der Waals surface area contributed by atoms with E-state index in [1.807, 2.05) is 0 Å². The molecule has 2 atom stereocenters. The highest BCUT2D eigenvalue weighted by Gasteiger charge is 2.19. The Balaban J connectivity index is 4.39. The van der Waals surface area contributed by atoms with Crippen LogP contribution in [0.3, 0.4) is 0 Å². The standard InChI is InChI=1S/C41H78O6/c1-7-37(6)29-23-17-12-14-20-26-32-41(44)47-38(34-46-40(43)31-25-19-13-11-16-22-28-36(4)5)33-45-39(42)30-24-18-10-8-9-15-21-27-35(2)3/h35-38H,7-34H2,1-6H3/t37?,38-/m1/s1. The van der Waals surface area contributed by atoms with Gasteiger partial charge in [0, 0.05) is 19.3 Å². The molecule has 0 N–H and O–H groups in total. The minimum absolute atomic E-state index is 0.0692. The van der Waals surface area contributed by atoms with Crippen LogP contribution in [0.4, 0.5) is 0 Å². The summed E-state index contributed by atoms with van der Waals surface area (Å²) in [5, 5.41) is 0. The number of carbonyl (C=O) groups is 3. The zero-order chi connectivity index (χ0) is 35.0. The van der Waals surface area contributed by atoms with Crippen molar-refractivity contribution >= 4 is 17.9 Å². The van der Waals surface area contributed by atoms with Gasteiger partial charge in [-0.05, 0) is 37.0 Å². The predicted octanol–water partition coefficient (Wildman–Crippen LogP) is 12.1. The molecule has 0 aliphatic carbocycles. The monoisotopic (exact) mass is 667 g/mol. The Morgan fingerprint density at radius 2 is 0.745 bits per heavy atom. The summed E-state index contributed by atoms with van der Waals surface area (Å²) in [7, 11) is 0. The molecule has 6 heteroatoms. The first-order valence-corrected chi connectivity index (χ1v) is 20.1. The quantitative estimate of drug-likeness (QED) is 0.0386. The number of hydrogen-bond donors (Lipinski definition) is 0. The van der Waals surface area contributed by atoms with Gasteiger partial charge in [-0.3, -0.25) is 14.4 Å². The van der Waals surface area contributed by atoms with E-state index in [-0.39, 0.29) is 31.1 Å². The summed E-state index contributed by atoms with van der Waals surface area (Å²) in [5.41, 5.74) is 0. The van der Waals surface area contributed by atoms with Crippen LogP contribution in [0.25, 0.3) is 0 Å². The van der Waals surface area contributed by atoms with Crippen molar-refractivity contribution in [2.75, 3.05) is 13.2 Å². The average Bonchev–Trinajstić information content (AvgIpc) is 3.03. The predicted molar refractivity (Wildman–Crippen MR) is 196 cm³/mol. The molecule has 0 rings (SSSR count). The molecule has 0 spiro atoms. The molecule has 0 fully saturated rings. The van der Waals surface area contributed by atoms with Crippen LogP contribution in [0.5, 0.6) is 0 Å². The van der Waals surface area contributed by atoms with Gasteiger partial charge in [-0.15, -0.1) is 0 Å². The zero-order valence-electron chi connectivity index (χ0n) is 32.1. The average molecular weight is 667 g/mol. The highest BCUT2D eigenvalue weighted by Crippen LogP contribution is 2.16. The third-order valence-electron chi connectivity index (χ3n) is 9.26. The van der Waals surface area contributed by atoms with Crippen molar-refractivity contribution in [3.63, 3.8) is 0 Å². The Bertz CT molecular complexity index is 733. The van der Waals surface area contributed by atoms with Crippen LogP contribution in [0.1, 0.15) is 208 Å². The molecular formula is C41H78O6. The summed E-state index contributed by atoms with van der Waals surface area (Å²) in [5.74, 6) is 1.48. The van der Waals surface area contributed by atoms with E-state index in [1.165, 1.54) is 89.9 Å². The Hall–Kier alpha value is -1.59. The van der Waals surface area contributed by atoms with Gasteiger partial charge in [0.2, 0.25) is 0 Å². The number of unbranched alkanes of at least 4 members (excludes halogenated alkanes) is 16. The maximum Gasteiger partial charge on any atom is 0.306 e.